The van der Waals surface area contributed by atoms with Gasteiger partial charge < -0.3 is 10.1 Å². The zero-order chi connectivity index (χ0) is 29.1. The maximum Gasteiger partial charge on any atom is 0.335 e. The summed E-state index contributed by atoms with van der Waals surface area (Å²) in [5, 5.41) is 16.0. The van der Waals surface area contributed by atoms with Crippen molar-refractivity contribution in [3.63, 3.8) is 0 Å². The average molecular weight is 604 g/mol. The molecule has 0 spiro atoms. The van der Waals surface area contributed by atoms with E-state index in [2.05, 4.69) is 5.32 Å². The number of carbonyl (C=O) groups is 4. The van der Waals surface area contributed by atoms with E-state index in [9.17, 15) is 29.3 Å². The fourth-order valence-corrected chi connectivity index (χ4v) is 4.38. The maximum absolute atomic E-state index is 13.1. The van der Waals surface area contributed by atoms with Gasteiger partial charge in [-0.25, -0.2) is 9.69 Å². The van der Waals surface area contributed by atoms with Crippen molar-refractivity contribution < 1.29 is 28.8 Å². The minimum absolute atomic E-state index is 0.00956. The van der Waals surface area contributed by atoms with Gasteiger partial charge in [0.15, 0.2) is 12.4 Å². The van der Waals surface area contributed by atoms with E-state index in [-0.39, 0.29) is 32.7 Å². The monoisotopic (exact) mass is 602 g/mol. The summed E-state index contributed by atoms with van der Waals surface area (Å²) in [5.41, 5.74) is 0.886. The van der Waals surface area contributed by atoms with Gasteiger partial charge in [0.25, 0.3) is 23.4 Å². The van der Waals surface area contributed by atoms with Gasteiger partial charge in [-0.1, -0.05) is 40.9 Å². The van der Waals surface area contributed by atoms with Gasteiger partial charge in [0.1, 0.15) is 5.57 Å². The van der Waals surface area contributed by atoms with Crippen LogP contribution in [0.4, 0.5) is 21.9 Å². The Labute approximate surface area is 241 Å². The van der Waals surface area contributed by atoms with Crippen molar-refractivity contribution in [2.45, 2.75) is 6.92 Å². The number of urea groups is 1. The van der Waals surface area contributed by atoms with Crippen LogP contribution in [0.5, 0.6) is 5.75 Å². The van der Waals surface area contributed by atoms with E-state index in [1.807, 2.05) is 12.2 Å². The summed E-state index contributed by atoms with van der Waals surface area (Å²) in [6.45, 7) is 1.39. The highest BCUT2D eigenvalue weighted by molar-refractivity contribution is 6.40. The summed E-state index contributed by atoms with van der Waals surface area (Å²) in [6.07, 6.45) is 1.16. The number of imide groups is 2. The maximum atomic E-state index is 13.1. The summed E-state index contributed by atoms with van der Waals surface area (Å²) in [4.78, 5) is 61.2. The number of rotatable bonds is 7. The number of nitro benzene ring substituents is 1. The van der Waals surface area contributed by atoms with Gasteiger partial charge in [0, 0.05) is 22.8 Å². The number of amides is 5. The highest BCUT2D eigenvalue weighted by atomic mass is 35.5. The molecular formula is C26H17Cl3N4O7. The smallest absolute Gasteiger partial charge is 0.335 e. The molecule has 1 aliphatic rings. The Bertz CT molecular complexity index is 1580. The molecule has 0 atom stereocenters. The van der Waals surface area contributed by atoms with Crippen molar-refractivity contribution in [2.24, 2.45) is 0 Å². The predicted molar refractivity (Wildman–Crippen MR) is 149 cm³/mol. The van der Waals surface area contributed by atoms with Crippen LogP contribution in [0.15, 0.2) is 60.2 Å². The van der Waals surface area contributed by atoms with Crippen LogP contribution in [-0.4, -0.2) is 35.3 Å². The number of carbonyl (C=O) groups excluding carboxylic acids is 4. The number of barbiturate groups is 1. The van der Waals surface area contributed by atoms with Crippen molar-refractivity contribution in [2.75, 3.05) is 16.8 Å². The molecule has 11 nitrogen and oxygen atoms in total. The van der Waals surface area contributed by atoms with Crippen molar-refractivity contribution in [3.05, 3.63) is 96.5 Å². The van der Waals surface area contributed by atoms with Crippen molar-refractivity contribution in [3.8, 4) is 5.75 Å². The number of anilines is 2. The number of nitrogens with one attached hydrogen (secondary N) is 2. The third kappa shape index (κ3) is 6.23. The third-order valence-electron chi connectivity index (χ3n) is 5.56. The summed E-state index contributed by atoms with van der Waals surface area (Å²) < 4.78 is 5.48. The summed E-state index contributed by atoms with van der Waals surface area (Å²) in [6, 6.07) is 11.3. The molecule has 1 fully saturated rings. The van der Waals surface area contributed by atoms with E-state index >= 15 is 0 Å². The van der Waals surface area contributed by atoms with E-state index in [1.54, 1.807) is 18.2 Å². The number of nitrogens with zero attached hydrogens (tertiary/aromatic N) is 2. The van der Waals surface area contributed by atoms with Crippen LogP contribution < -0.4 is 20.3 Å². The van der Waals surface area contributed by atoms with Gasteiger partial charge in [-0.3, -0.25) is 29.8 Å². The predicted octanol–water partition coefficient (Wildman–Crippen LogP) is 5.55. The average Bonchev–Trinajstić information content (AvgIpc) is 2.88. The van der Waals surface area contributed by atoms with Gasteiger partial charge in [0.05, 0.1) is 20.7 Å². The standard InChI is InChI=1S/C26H17Cl3N4O7/c1-13-2-3-15(11-19(13)27)30-22(34)12-40-23-20(28)9-14(10-21(23)29)8-18-24(35)31-26(37)32(25(18)36)16-4-6-17(7-5-16)33(38)39/h2-11H,12H2,1H3,(H,30,34)(H,31,35,37)/b18-8-. The molecule has 0 saturated carbocycles. The molecule has 14 heteroatoms. The Morgan fingerprint density at radius 1 is 1.02 bits per heavy atom. The Hall–Kier alpha value is -4.45. The molecule has 1 heterocycles. The molecule has 4 rings (SSSR count). The molecule has 1 aliphatic heterocycles. The van der Waals surface area contributed by atoms with Gasteiger partial charge in [0.2, 0.25) is 0 Å². The molecule has 204 valence electrons. The molecule has 1 saturated heterocycles. The van der Waals surface area contributed by atoms with Crippen molar-refractivity contribution in [1.82, 2.24) is 5.32 Å². The minimum atomic E-state index is -1.02. The molecule has 3 aromatic rings. The normalized spacial score (nSPS) is 14.2. The second kappa shape index (κ2) is 11.7. The number of nitro groups is 1. The first kappa shape index (κ1) is 28.6. The van der Waals surface area contributed by atoms with Crippen molar-refractivity contribution in [1.29, 1.82) is 0 Å². The van der Waals surface area contributed by atoms with Crippen LogP contribution in [-0.2, 0) is 14.4 Å². The van der Waals surface area contributed by atoms with Gasteiger partial charge in [-0.2, -0.15) is 0 Å². The van der Waals surface area contributed by atoms with Crippen LogP contribution >= 0.6 is 34.8 Å². The Morgan fingerprint density at radius 3 is 2.27 bits per heavy atom. The summed E-state index contributed by atoms with van der Waals surface area (Å²) in [7, 11) is 0. The van der Waals surface area contributed by atoms with E-state index in [1.165, 1.54) is 24.3 Å². The van der Waals surface area contributed by atoms with E-state index < -0.39 is 40.9 Å². The lowest BCUT2D eigenvalue weighted by atomic mass is 10.1. The Kier molecular flexibility index (Phi) is 8.38. The zero-order valence-electron chi connectivity index (χ0n) is 20.4. The van der Waals surface area contributed by atoms with E-state index in [4.69, 9.17) is 39.5 Å². The molecule has 0 aliphatic carbocycles. The second-order valence-electron chi connectivity index (χ2n) is 8.35. The number of hydrogen-bond donors (Lipinski definition) is 2. The lowest BCUT2D eigenvalue weighted by Crippen LogP contribution is -2.54. The first-order valence-electron chi connectivity index (χ1n) is 11.3. The number of aryl methyl sites for hydroxylation is 1. The van der Waals surface area contributed by atoms with E-state index in [0.29, 0.717) is 15.6 Å². The molecule has 40 heavy (non-hydrogen) atoms. The van der Waals surface area contributed by atoms with Crippen LogP contribution in [0.3, 0.4) is 0 Å². The van der Waals surface area contributed by atoms with Crippen LogP contribution in [0, 0.1) is 17.0 Å². The van der Waals surface area contributed by atoms with E-state index in [0.717, 1.165) is 23.8 Å². The number of halogens is 3. The second-order valence-corrected chi connectivity index (χ2v) is 9.57. The lowest BCUT2D eigenvalue weighted by molar-refractivity contribution is -0.384. The highest BCUT2D eigenvalue weighted by Crippen LogP contribution is 2.35. The van der Waals surface area contributed by atoms with Gasteiger partial charge >= 0.3 is 6.03 Å². The van der Waals surface area contributed by atoms with Gasteiger partial charge in [-0.05, 0) is 60.5 Å². The molecule has 0 radical (unpaired) electrons. The molecule has 0 aromatic heterocycles. The minimum Gasteiger partial charge on any atom is -0.481 e. The molecule has 3 aromatic carbocycles. The largest absolute Gasteiger partial charge is 0.481 e. The zero-order valence-corrected chi connectivity index (χ0v) is 22.6. The number of benzene rings is 3. The van der Waals surface area contributed by atoms with Crippen LogP contribution in [0.1, 0.15) is 11.1 Å². The summed E-state index contributed by atoms with van der Waals surface area (Å²) >= 11 is 18.7. The third-order valence-corrected chi connectivity index (χ3v) is 6.52. The fraction of sp³-hybridized carbons (Fsp3) is 0.0769. The van der Waals surface area contributed by atoms with Crippen LogP contribution in [0.25, 0.3) is 6.08 Å². The fourth-order valence-electron chi connectivity index (χ4n) is 3.59. The first-order valence-corrected chi connectivity index (χ1v) is 12.4. The summed E-state index contributed by atoms with van der Waals surface area (Å²) in [5.74, 6) is -2.44. The molecule has 0 unspecified atom stereocenters. The molecule has 5 amide bonds. The van der Waals surface area contributed by atoms with Crippen molar-refractivity contribution >= 4 is 81.7 Å². The quantitative estimate of drug-likeness (QED) is 0.156. The molecule has 0 bridgehead atoms. The van der Waals surface area contributed by atoms with Gasteiger partial charge in [-0.15, -0.1) is 0 Å². The number of hydrogen-bond acceptors (Lipinski definition) is 7. The molecular weight excluding hydrogens is 587 g/mol. The topological polar surface area (TPSA) is 148 Å². The number of ether oxygens (including phenoxy) is 1. The van der Waals surface area contributed by atoms with Crippen LogP contribution in [0.2, 0.25) is 15.1 Å². The Morgan fingerprint density at radius 2 is 1.68 bits per heavy atom. The first-order chi connectivity index (χ1) is 18.9. The SMILES string of the molecule is Cc1ccc(NC(=O)COc2c(Cl)cc(/C=C3/C(=O)NC(=O)N(c4ccc([N+](=O)[O-])cc4)C3=O)cc2Cl)cc1Cl. The Balaban J connectivity index is 1.51. The highest BCUT2D eigenvalue weighted by Gasteiger charge is 2.37. The number of non-ortho nitro benzene ring substituents is 1. The molecule has 2 N–H and O–H groups in total. The lowest BCUT2D eigenvalue weighted by Gasteiger charge is -2.26.